The monoisotopic (exact) mass is 425 g/mol. The van der Waals surface area contributed by atoms with Gasteiger partial charge >= 0.3 is 0 Å². The van der Waals surface area contributed by atoms with Crippen molar-refractivity contribution in [1.82, 2.24) is 4.98 Å². The number of aldehydes is 1. The average Bonchev–Trinajstić information content (AvgIpc) is 3.13. The topological polar surface area (TPSA) is 94.3 Å². The fraction of sp³-hybridized carbons (Fsp3) is 0.450. The number of nitrogens with zero attached hydrogens (tertiary/aromatic N) is 1. The summed E-state index contributed by atoms with van der Waals surface area (Å²) in [7, 11) is 3.25. The molecule has 28 heavy (non-hydrogen) atoms. The van der Waals surface area contributed by atoms with Gasteiger partial charge in [0.05, 0.1) is 5.56 Å². The normalized spacial score (nSPS) is 10.6. The van der Waals surface area contributed by atoms with Crippen LogP contribution in [0.4, 0.5) is 10.8 Å². The van der Waals surface area contributed by atoms with Crippen molar-refractivity contribution >= 4 is 46.1 Å². The quantitative estimate of drug-likeness (QED) is 0.352. The number of nitrogens with two attached hydrogens (primary N) is 1. The van der Waals surface area contributed by atoms with Crippen LogP contribution in [-0.2, 0) is 4.74 Å². The summed E-state index contributed by atoms with van der Waals surface area (Å²) in [5.41, 5.74) is 7.06. The standard InChI is InChI=1S/C16H19N3O2S2.C2H6O.C2H6/c1-3-4-10(2)23-12-5-6-14(17)13(7-12)15(21)19-16-18-11(8-20)9-22-16;1-3-2;1-2/h5-10H,3-4,17H2,1-2H3,(H,18,19,21);1-2H3;1-2H3. The van der Waals surface area contributed by atoms with E-state index in [1.54, 1.807) is 43.5 Å². The van der Waals surface area contributed by atoms with Gasteiger partial charge < -0.3 is 10.5 Å². The lowest BCUT2D eigenvalue weighted by atomic mass is 10.1. The molecule has 0 bridgehead atoms. The van der Waals surface area contributed by atoms with Crippen LogP contribution in [0.1, 0.15) is 61.4 Å². The van der Waals surface area contributed by atoms with Gasteiger partial charge in [0.15, 0.2) is 11.4 Å². The highest BCUT2D eigenvalue weighted by atomic mass is 32.2. The van der Waals surface area contributed by atoms with Gasteiger partial charge in [0, 0.05) is 35.4 Å². The summed E-state index contributed by atoms with van der Waals surface area (Å²) in [6.45, 7) is 8.32. The zero-order chi connectivity index (χ0) is 21.5. The molecule has 2 rings (SSSR count). The van der Waals surface area contributed by atoms with Crippen LogP contribution in [0.2, 0.25) is 0 Å². The van der Waals surface area contributed by atoms with E-state index in [1.807, 2.05) is 19.9 Å². The molecule has 8 heteroatoms. The molecule has 2 aromatic rings. The molecule has 1 aromatic heterocycles. The molecule has 0 spiro atoms. The fourth-order valence-corrected chi connectivity index (χ4v) is 3.87. The molecule has 6 nitrogen and oxygen atoms in total. The zero-order valence-corrected chi connectivity index (χ0v) is 19.1. The van der Waals surface area contributed by atoms with Crippen molar-refractivity contribution in [2.24, 2.45) is 0 Å². The molecule has 0 aliphatic carbocycles. The van der Waals surface area contributed by atoms with Crippen LogP contribution in [0.5, 0.6) is 0 Å². The van der Waals surface area contributed by atoms with E-state index in [0.717, 1.165) is 17.7 Å². The number of nitrogens with one attached hydrogen (secondary N) is 1. The minimum Gasteiger partial charge on any atom is -0.398 e. The van der Waals surface area contributed by atoms with Crippen LogP contribution in [0.3, 0.4) is 0 Å². The Hall–Kier alpha value is -1.90. The second-order valence-electron chi connectivity index (χ2n) is 5.52. The lowest BCUT2D eigenvalue weighted by molar-refractivity contribution is 0.102. The van der Waals surface area contributed by atoms with Crippen LogP contribution < -0.4 is 11.1 Å². The lowest BCUT2D eigenvalue weighted by Crippen LogP contribution is -2.14. The summed E-state index contributed by atoms with van der Waals surface area (Å²) in [5.74, 6) is -0.320. The van der Waals surface area contributed by atoms with Crippen molar-refractivity contribution in [1.29, 1.82) is 0 Å². The Labute approximate surface area is 176 Å². The lowest BCUT2D eigenvalue weighted by Gasteiger charge is -2.12. The van der Waals surface area contributed by atoms with Gasteiger partial charge in [0.1, 0.15) is 5.69 Å². The molecule has 1 atom stereocenters. The Bertz CT molecular complexity index is 720. The van der Waals surface area contributed by atoms with Gasteiger partial charge in [-0.2, -0.15) is 0 Å². The first-order chi connectivity index (χ1) is 13.4. The number of benzene rings is 1. The minimum absolute atomic E-state index is 0.302. The van der Waals surface area contributed by atoms with E-state index in [0.29, 0.717) is 33.6 Å². The summed E-state index contributed by atoms with van der Waals surface area (Å²) < 4.78 is 4.25. The summed E-state index contributed by atoms with van der Waals surface area (Å²) >= 11 is 2.93. The summed E-state index contributed by atoms with van der Waals surface area (Å²) in [5, 5.41) is 5.13. The number of aromatic nitrogens is 1. The van der Waals surface area contributed by atoms with Gasteiger partial charge in [-0.3, -0.25) is 14.9 Å². The maximum absolute atomic E-state index is 12.4. The number of ether oxygens (including phenoxy) is 1. The van der Waals surface area contributed by atoms with Crippen LogP contribution >= 0.6 is 23.1 Å². The summed E-state index contributed by atoms with van der Waals surface area (Å²) in [6.07, 6.45) is 2.89. The third-order valence-corrected chi connectivity index (χ3v) is 5.11. The number of carbonyl (C=O) groups excluding carboxylic acids is 2. The molecule has 156 valence electrons. The van der Waals surface area contributed by atoms with E-state index in [-0.39, 0.29) is 5.91 Å². The van der Waals surface area contributed by atoms with E-state index >= 15 is 0 Å². The van der Waals surface area contributed by atoms with E-state index in [9.17, 15) is 9.59 Å². The average molecular weight is 426 g/mol. The highest BCUT2D eigenvalue weighted by Gasteiger charge is 2.14. The van der Waals surface area contributed by atoms with Gasteiger partial charge in [0.2, 0.25) is 0 Å². The number of carbonyl (C=O) groups is 2. The maximum atomic E-state index is 12.4. The zero-order valence-electron chi connectivity index (χ0n) is 17.4. The van der Waals surface area contributed by atoms with Crippen molar-refractivity contribution in [3.8, 4) is 0 Å². The van der Waals surface area contributed by atoms with E-state index < -0.39 is 0 Å². The van der Waals surface area contributed by atoms with E-state index in [2.05, 4.69) is 28.9 Å². The van der Waals surface area contributed by atoms with E-state index in [4.69, 9.17) is 5.73 Å². The third kappa shape index (κ3) is 9.34. The first kappa shape index (κ1) is 26.1. The Kier molecular flexibility index (Phi) is 14.0. The van der Waals surface area contributed by atoms with Crippen LogP contribution in [0.15, 0.2) is 28.5 Å². The Morgan fingerprint density at radius 3 is 2.57 bits per heavy atom. The summed E-state index contributed by atoms with van der Waals surface area (Å²) in [4.78, 5) is 28.0. The fourth-order valence-electron chi connectivity index (χ4n) is 2.07. The number of anilines is 2. The molecule has 3 N–H and O–H groups in total. The molecule has 1 amide bonds. The molecule has 0 aliphatic rings. The number of thioether (sulfide) groups is 1. The van der Waals surface area contributed by atoms with Gasteiger partial charge in [-0.25, -0.2) is 4.98 Å². The molecule has 0 radical (unpaired) electrons. The predicted molar refractivity (Wildman–Crippen MR) is 121 cm³/mol. The molecule has 1 heterocycles. The van der Waals surface area contributed by atoms with Gasteiger partial charge in [-0.15, -0.1) is 23.1 Å². The highest BCUT2D eigenvalue weighted by Crippen LogP contribution is 2.29. The molecule has 0 aliphatic heterocycles. The third-order valence-electron chi connectivity index (χ3n) is 3.17. The molecule has 0 saturated carbocycles. The van der Waals surface area contributed by atoms with Crippen molar-refractivity contribution in [2.45, 2.75) is 50.7 Å². The molecule has 1 unspecified atom stereocenters. The molecule has 0 saturated heterocycles. The van der Waals surface area contributed by atoms with Crippen LogP contribution in [-0.4, -0.2) is 36.6 Å². The number of hydrogen-bond acceptors (Lipinski definition) is 7. The second kappa shape index (κ2) is 15.1. The van der Waals surface area contributed by atoms with Gasteiger partial charge in [-0.1, -0.05) is 34.1 Å². The number of nitrogen functional groups attached to an aromatic ring is 1. The Morgan fingerprint density at radius 1 is 1.39 bits per heavy atom. The van der Waals surface area contributed by atoms with Gasteiger partial charge in [-0.05, 0) is 24.6 Å². The molecular weight excluding hydrogens is 394 g/mol. The van der Waals surface area contributed by atoms with Crippen LogP contribution in [0, 0.1) is 0 Å². The van der Waals surface area contributed by atoms with Crippen molar-refractivity contribution in [3.63, 3.8) is 0 Å². The maximum Gasteiger partial charge on any atom is 0.259 e. The minimum atomic E-state index is -0.320. The number of hydrogen-bond donors (Lipinski definition) is 2. The second-order valence-corrected chi connectivity index (χ2v) is 7.89. The predicted octanol–water partition coefficient (Wildman–Crippen LogP) is 5.36. The molecule has 0 fully saturated rings. The number of amides is 1. The molecule has 1 aromatic carbocycles. The largest absolute Gasteiger partial charge is 0.398 e. The van der Waals surface area contributed by atoms with Gasteiger partial charge in [0.25, 0.3) is 5.91 Å². The number of thiazole rings is 1. The molecular formula is C20H31N3O3S2. The first-order valence-corrected chi connectivity index (χ1v) is 10.9. The number of rotatable bonds is 7. The van der Waals surface area contributed by atoms with Crippen molar-refractivity contribution in [3.05, 3.63) is 34.8 Å². The van der Waals surface area contributed by atoms with Crippen molar-refractivity contribution in [2.75, 3.05) is 25.3 Å². The smallest absolute Gasteiger partial charge is 0.259 e. The first-order valence-electron chi connectivity index (χ1n) is 9.13. The highest BCUT2D eigenvalue weighted by molar-refractivity contribution is 7.99. The number of methoxy groups -OCH3 is 1. The SMILES string of the molecule is CC.CCCC(C)Sc1ccc(N)c(C(=O)Nc2nc(C=O)cs2)c1.COC. The van der Waals surface area contributed by atoms with E-state index in [1.165, 1.54) is 11.3 Å². The van der Waals surface area contributed by atoms with Crippen molar-refractivity contribution < 1.29 is 14.3 Å². The summed E-state index contributed by atoms with van der Waals surface area (Å²) in [6, 6.07) is 5.47. The Balaban J connectivity index is 0.00000133. The van der Waals surface area contributed by atoms with Crippen LogP contribution in [0.25, 0.3) is 0 Å². The Morgan fingerprint density at radius 2 is 2.04 bits per heavy atom.